The van der Waals surface area contributed by atoms with Crippen molar-refractivity contribution in [2.75, 3.05) is 20.8 Å². The molecule has 0 spiro atoms. The van der Waals surface area contributed by atoms with Gasteiger partial charge in [-0.25, -0.2) is 0 Å². The van der Waals surface area contributed by atoms with Gasteiger partial charge in [-0.05, 0) is 0 Å². The third-order valence-corrected chi connectivity index (χ3v) is 3.57. The van der Waals surface area contributed by atoms with Gasteiger partial charge in [0, 0.05) is 21.1 Å². The summed E-state index contributed by atoms with van der Waals surface area (Å²) in [6.45, 7) is 1.77. The standard InChI is InChI=1S/C9H16O5S/c1-5(10)14-9-7(11)8(13-3)6(15-9)4-12-2/h6-9,11H,4H2,1-3H3/t6-,7+,8-,9?/m1/s1. The lowest BCUT2D eigenvalue weighted by atomic mass is 10.1. The number of ether oxygens (including phenoxy) is 3. The van der Waals surface area contributed by atoms with E-state index in [1.165, 1.54) is 25.8 Å². The Kier molecular flexibility index (Phi) is 4.85. The molecule has 1 fully saturated rings. The van der Waals surface area contributed by atoms with Crippen LogP contribution in [0.4, 0.5) is 0 Å². The average molecular weight is 236 g/mol. The van der Waals surface area contributed by atoms with E-state index in [2.05, 4.69) is 0 Å². The molecule has 6 heteroatoms. The Morgan fingerprint density at radius 3 is 2.60 bits per heavy atom. The molecule has 1 N–H and O–H groups in total. The molecule has 0 bridgehead atoms. The van der Waals surface area contributed by atoms with Crippen molar-refractivity contribution in [1.82, 2.24) is 0 Å². The van der Waals surface area contributed by atoms with E-state index in [-0.39, 0.29) is 11.4 Å². The van der Waals surface area contributed by atoms with Crippen LogP contribution in [0, 0.1) is 0 Å². The predicted molar refractivity (Wildman–Crippen MR) is 55.6 cm³/mol. The van der Waals surface area contributed by atoms with Gasteiger partial charge in [0.05, 0.1) is 11.9 Å². The largest absolute Gasteiger partial charge is 0.449 e. The van der Waals surface area contributed by atoms with Crippen LogP contribution in [-0.2, 0) is 19.0 Å². The number of methoxy groups -OCH3 is 2. The molecule has 1 saturated heterocycles. The summed E-state index contributed by atoms with van der Waals surface area (Å²) in [5.41, 5.74) is -0.562. The highest BCUT2D eigenvalue weighted by Crippen LogP contribution is 2.36. The summed E-state index contributed by atoms with van der Waals surface area (Å²) in [5.74, 6) is -0.403. The van der Waals surface area contributed by atoms with Crippen molar-refractivity contribution in [2.24, 2.45) is 0 Å². The summed E-state index contributed by atoms with van der Waals surface area (Å²) < 4.78 is 15.1. The molecule has 1 unspecified atom stereocenters. The number of aliphatic hydroxyl groups excluding tert-OH is 1. The maximum atomic E-state index is 10.8. The lowest BCUT2D eigenvalue weighted by molar-refractivity contribution is -0.148. The highest BCUT2D eigenvalue weighted by atomic mass is 32.2. The number of aliphatic hydroxyl groups is 1. The molecule has 1 aliphatic heterocycles. The van der Waals surface area contributed by atoms with Crippen molar-refractivity contribution in [1.29, 1.82) is 0 Å². The monoisotopic (exact) mass is 236 g/mol. The fourth-order valence-electron chi connectivity index (χ4n) is 1.56. The topological polar surface area (TPSA) is 65.0 Å². The first-order valence-electron chi connectivity index (χ1n) is 4.62. The molecule has 4 atom stereocenters. The first-order chi connectivity index (χ1) is 7.10. The van der Waals surface area contributed by atoms with Crippen molar-refractivity contribution in [3.63, 3.8) is 0 Å². The highest BCUT2D eigenvalue weighted by Gasteiger charge is 2.45. The van der Waals surface area contributed by atoms with E-state index in [0.29, 0.717) is 6.61 Å². The molecule has 1 aliphatic rings. The molecular weight excluding hydrogens is 220 g/mol. The SMILES string of the molecule is COC[C@H]1SC(OC(C)=O)[C@@H](O)[C@@H]1OC. The van der Waals surface area contributed by atoms with E-state index < -0.39 is 17.5 Å². The number of esters is 1. The van der Waals surface area contributed by atoms with Gasteiger partial charge in [0.1, 0.15) is 12.2 Å². The van der Waals surface area contributed by atoms with Gasteiger partial charge in [-0.15, -0.1) is 11.8 Å². The Labute approximate surface area is 93.1 Å². The summed E-state index contributed by atoms with van der Waals surface area (Å²) >= 11 is 1.36. The molecular formula is C9H16O5S. The zero-order valence-electron chi connectivity index (χ0n) is 9.00. The minimum Gasteiger partial charge on any atom is -0.449 e. The third-order valence-electron chi connectivity index (χ3n) is 2.18. The number of rotatable bonds is 4. The third kappa shape index (κ3) is 3.07. The van der Waals surface area contributed by atoms with Crippen LogP contribution in [0.25, 0.3) is 0 Å². The Bertz CT molecular complexity index is 223. The summed E-state index contributed by atoms with van der Waals surface area (Å²) in [7, 11) is 3.10. The molecule has 0 saturated carbocycles. The smallest absolute Gasteiger partial charge is 0.303 e. The zero-order valence-corrected chi connectivity index (χ0v) is 9.82. The molecule has 1 rings (SSSR count). The zero-order chi connectivity index (χ0) is 11.4. The van der Waals surface area contributed by atoms with E-state index in [0.717, 1.165) is 0 Å². The Morgan fingerprint density at radius 1 is 1.47 bits per heavy atom. The molecule has 0 radical (unpaired) electrons. The Morgan fingerprint density at radius 2 is 2.13 bits per heavy atom. The maximum absolute atomic E-state index is 10.8. The second-order valence-electron chi connectivity index (χ2n) is 3.30. The molecule has 0 amide bonds. The van der Waals surface area contributed by atoms with Crippen LogP contribution in [0.1, 0.15) is 6.92 Å². The number of thioether (sulfide) groups is 1. The van der Waals surface area contributed by atoms with Crippen molar-refractivity contribution in [2.45, 2.75) is 29.8 Å². The quantitative estimate of drug-likeness (QED) is 0.694. The molecule has 1 heterocycles. The highest BCUT2D eigenvalue weighted by molar-refractivity contribution is 8.00. The van der Waals surface area contributed by atoms with E-state index >= 15 is 0 Å². The lowest BCUT2D eigenvalue weighted by Crippen LogP contribution is -2.37. The summed E-state index contributed by atoms with van der Waals surface area (Å²) in [5, 5.41) is 9.80. The second-order valence-corrected chi connectivity index (χ2v) is 4.64. The fourth-order valence-corrected chi connectivity index (χ4v) is 3.05. The van der Waals surface area contributed by atoms with Crippen molar-refractivity contribution in [3.05, 3.63) is 0 Å². The number of carbonyl (C=O) groups is 1. The van der Waals surface area contributed by atoms with Crippen molar-refractivity contribution < 1.29 is 24.1 Å². The van der Waals surface area contributed by atoms with Gasteiger partial charge >= 0.3 is 5.97 Å². The van der Waals surface area contributed by atoms with Crippen molar-refractivity contribution in [3.8, 4) is 0 Å². The van der Waals surface area contributed by atoms with E-state index in [4.69, 9.17) is 14.2 Å². The molecule has 5 nitrogen and oxygen atoms in total. The fraction of sp³-hybridized carbons (Fsp3) is 0.889. The summed E-state index contributed by atoms with van der Waals surface area (Å²) in [6, 6.07) is 0. The van der Waals surface area contributed by atoms with Gasteiger partial charge in [-0.3, -0.25) is 4.79 Å². The summed E-state index contributed by atoms with van der Waals surface area (Å²) in [6.07, 6.45) is -1.16. The molecule has 0 aliphatic carbocycles. The van der Waals surface area contributed by atoms with Gasteiger partial charge in [-0.2, -0.15) is 0 Å². The van der Waals surface area contributed by atoms with Gasteiger partial charge < -0.3 is 19.3 Å². The second kappa shape index (κ2) is 5.69. The van der Waals surface area contributed by atoms with Crippen molar-refractivity contribution >= 4 is 17.7 Å². The average Bonchev–Trinajstić information content (AvgIpc) is 2.43. The number of carbonyl (C=O) groups excluding carboxylic acids is 1. The predicted octanol–water partition coefficient (Wildman–Crippen LogP) is 0.0133. The van der Waals surface area contributed by atoms with Gasteiger partial charge in [-0.1, -0.05) is 0 Å². The minimum absolute atomic E-state index is 0.0145. The van der Waals surface area contributed by atoms with Crippen LogP contribution in [0.3, 0.4) is 0 Å². The van der Waals surface area contributed by atoms with E-state index in [9.17, 15) is 9.90 Å². The van der Waals surface area contributed by atoms with Gasteiger partial charge in [0.15, 0.2) is 5.44 Å². The van der Waals surface area contributed by atoms with Crippen LogP contribution in [0.2, 0.25) is 0 Å². The number of hydrogen-bond donors (Lipinski definition) is 1. The minimum atomic E-state index is -0.802. The van der Waals surface area contributed by atoms with E-state index in [1.54, 1.807) is 7.11 Å². The Balaban J connectivity index is 2.60. The molecule has 88 valence electrons. The first kappa shape index (κ1) is 12.8. The number of hydrogen-bond acceptors (Lipinski definition) is 6. The van der Waals surface area contributed by atoms with Crippen LogP contribution in [0.15, 0.2) is 0 Å². The molecule has 0 aromatic carbocycles. The lowest BCUT2D eigenvalue weighted by Gasteiger charge is -2.18. The van der Waals surface area contributed by atoms with Crippen LogP contribution >= 0.6 is 11.8 Å². The maximum Gasteiger partial charge on any atom is 0.303 e. The first-order valence-corrected chi connectivity index (χ1v) is 5.57. The normalized spacial score (nSPS) is 35.5. The van der Waals surface area contributed by atoms with E-state index in [1.807, 2.05) is 0 Å². The van der Waals surface area contributed by atoms with Crippen LogP contribution < -0.4 is 0 Å². The summed E-state index contributed by atoms with van der Waals surface area (Å²) in [4.78, 5) is 10.8. The molecule has 0 aromatic rings. The van der Waals surface area contributed by atoms with Crippen LogP contribution in [0.5, 0.6) is 0 Å². The van der Waals surface area contributed by atoms with Gasteiger partial charge in [0.2, 0.25) is 0 Å². The molecule has 0 aromatic heterocycles. The Hall–Kier alpha value is -0.300. The van der Waals surface area contributed by atoms with Crippen LogP contribution in [-0.4, -0.2) is 54.8 Å². The van der Waals surface area contributed by atoms with Gasteiger partial charge in [0.25, 0.3) is 0 Å². The molecule has 15 heavy (non-hydrogen) atoms.